The van der Waals surface area contributed by atoms with Crippen LogP contribution in [0.3, 0.4) is 0 Å². The second-order valence-electron chi connectivity index (χ2n) is 7.93. The van der Waals surface area contributed by atoms with Gasteiger partial charge in [-0.3, -0.25) is 13.9 Å². The minimum Gasteiger partial charge on any atom is -0.354 e. The summed E-state index contributed by atoms with van der Waals surface area (Å²) in [4.78, 5) is 27.5. The number of benzene rings is 1. The number of hydrogen-bond acceptors (Lipinski definition) is 3. The quantitative estimate of drug-likeness (QED) is 0.775. The molecular weight excluding hydrogens is 340 g/mol. The number of nitrogens with one attached hydrogen (secondary N) is 1. The Bertz CT molecular complexity index is 843. The molecule has 0 radical (unpaired) electrons. The van der Waals surface area contributed by atoms with Gasteiger partial charge in [-0.05, 0) is 45.5 Å². The van der Waals surface area contributed by atoms with Crippen LogP contribution in [0.2, 0.25) is 0 Å². The van der Waals surface area contributed by atoms with Gasteiger partial charge in [-0.25, -0.2) is 4.79 Å². The van der Waals surface area contributed by atoms with E-state index in [1.165, 1.54) is 12.8 Å². The Morgan fingerprint density at radius 1 is 1.11 bits per heavy atom. The van der Waals surface area contributed by atoms with Gasteiger partial charge in [-0.1, -0.05) is 31.9 Å². The fourth-order valence-electron chi connectivity index (χ4n) is 4.31. The molecule has 27 heavy (non-hydrogen) atoms. The molecule has 1 amide bonds. The van der Waals surface area contributed by atoms with Crippen molar-refractivity contribution in [1.82, 2.24) is 19.4 Å². The lowest BCUT2D eigenvalue weighted by Crippen LogP contribution is -2.50. The highest BCUT2D eigenvalue weighted by molar-refractivity contribution is 5.78. The van der Waals surface area contributed by atoms with Crippen molar-refractivity contribution in [3.8, 4) is 0 Å². The van der Waals surface area contributed by atoms with E-state index in [-0.39, 0.29) is 17.1 Å². The molecule has 6 heteroatoms. The number of hydrogen-bond donors (Lipinski definition) is 1. The molecule has 0 unspecified atom stereocenters. The SMILES string of the molecule is CCCn1c(=O)n(CCC(=O)NCC2(N(C)C)CCCC2)c2ccccc21. The molecule has 0 saturated heterocycles. The molecule has 6 nitrogen and oxygen atoms in total. The molecule has 0 bridgehead atoms. The maximum absolute atomic E-state index is 12.8. The zero-order valence-corrected chi connectivity index (χ0v) is 16.8. The van der Waals surface area contributed by atoms with Gasteiger partial charge < -0.3 is 10.2 Å². The summed E-state index contributed by atoms with van der Waals surface area (Å²) in [6, 6.07) is 7.83. The highest BCUT2D eigenvalue weighted by Crippen LogP contribution is 2.33. The van der Waals surface area contributed by atoms with Crippen LogP contribution in [-0.2, 0) is 17.9 Å². The fraction of sp³-hybridized carbons (Fsp3) is 0.619. The Morgan fingerprint density at radius 2 is 1.70 bits per heavy atom. The van der Waals surface area contributed by atoms with Gasteiger partial charge in [0.05, 0.1) is 11.0 Å². The number of aryl methyl sites for hydroxylation is 2. The van der Waals surface area contributed by atoms with E-state index in [0.29, 0.717) is 26.1 Å². The lowest BCUT2D eigenvalue weighted by atomic mass is 9.96. The number of likely N-dealkylation sites (N-methyl/N-ethyl adjacent to an activating group) is 1. The summed E-state index contributed by atoms with van der Waals surface area (Å²) in [5, 5.41) is 3.11. The average molecular weight is 373 g/mol. The zero-order valence-electron chi connectivity index (χ0n) is 16.8. The molecular formula is C21H32N4O2. The van der Waals surface area contributed by atoms with Gasteiger partial charge in [-0.15, -0.1) is 0 Å². The van der Waals surface area contributed by atoms with Crippen LogP contribution in [0.1, 0.15) is 45.4 Å². The van der Waals surface area contributed by atoms with Gasteiger partial charge in [-0.2, -0.15) is 0 Å². The number of rotatable bonds is 8. The van der Waals surface area contributed by atoms with E-state index in [1.54, 1.807) is 4.57 Å². The summed E-state index contributed by atoms with van der Waals surface area (Å²) in [7, 11) is 4.19. The van der Waals surface area contributed by atoms with Crippen molar-refractivity contribution in [3.63, 3.8) is 0 Å². The van der Waals surface area contributed by atoms with E-state index in [1.807, 2.05) is 28.8 Å². The Hall–Kier alpha value is -2.08. The van der Waals surface area contributed by atoms with Crippen molar-refractivity contribution in [2.75, 3.05) is 20.6 Å². The monoisotopic (exact) mass is 372 g/mol. The summed E-state index contributed by atoms with van der Waals surface area (Å²) >= 11 is 0. The van der Waals surface area contributed by atoms with Crippen molar-refractivity contribution in [2.24, 2.45) is 0 Å². The normalized spacial score (nSPS) is 16.3. The minimum atomic E-state index is -0.0218. The van der Waals surface area contributed by atoms with E-state index >= 15 is 0 Å². The second kappa shape index (κ2) is 8.30. The highest BCUT2D eigenvalue weighted by Gasteiger charge is 2.36. The lowest BCUT2D eigenvalue weighted by molar-refractivity contribution is -0.121. The predicted octanol–water partition coefficient (Wildman–Crippen LogP) is 2.59. The Balaban J connectivity index is 1.67. The maximum Gasteiger partial charge on any atom is 0.329 e. The van der Waals surface area contributed by atoms with E-state index in [2.05, 4.69) is 31.2 Å². The number of fused-ring (bicyclic) bond motifs is 1. The summed E-state index contributed by atoms with van der Waals surface area (Å²) in [6.07, 6.45) is 5.93. The lowest BCUT2D eigenvalue weighted by Gasteiger charge is -2.36. The smallest absolute Gasteiger partial charge is 0.329 e. The Labute approximate surface area is 161 Å². The van der Waals surface area contributed by atoms with Crippen LogP contribution in [0.5, 0.6) is 0 Å². The van der Waals surface area contributed by atoms with Gasteiger partial charge in [0.15, 0.2) is 0 Å². The van der Waals surface area contributed by atoms with Crippen LogP contribution in [0.4, 0.5) is 0 Å². The van der Waals surface area contributed by atoms with E-state index in [0.717, 1.165) is 30.3 Å². The van der Waals surface area contributed by atoms with Gasteiger partial charge in [0.25, 0.3) is 0 Å². The molecule has 1 aromatic heterocycles. The van der Waals surface area contributed by atoms with Crippen LogP contribution in [0.25, 0.3) is 11.0 Å². The molecule has 148 valence electrons. The molecule has 0 atom stereocenters. The number of nitrogens with zero attached hydrogens (tertiary/aromatic N) is 3. The maximum atomic E-state index is 12.8. The number of imidazole rings is 1. The topological polar surface area (TPSA) is 59.3 Å². The first-order valence-electron chi connectivity index (χ1n) is 10.1. The van der Waals surface area contributed by atoms with Crippen molar-refractivity contribution in [3.05, 3.63) is 34.7 Å². The molecule has 1 aromatic carbocycles. The van der Waals surface area contributed by atoms with Crippen LogP contribution in [0.15, 0.2) is 29.1 Å². The molecule has 3 rings (SSSR count). The molecule has 1 fully saturated rings. The van der Waals surface area contributed by atoms with E-state index in [4.69, 9.17) is 0 Å². The van der Waals surface area contributed by atoms with Crippen molar-refractivity contribution >= 4 is 16.9 Å². The third-order valence-corrected chi connectivity index (χ3v) is 6.03. The summed E-state index contributed by atoms with van der Waals surface area (Å²) in [5.41, 5.74) is 1.92. The third-order valence-electron chi connectivity index (χ3n) is 6.03. The molecule has 0 aliphatic heterocycles. The number of carbonyl (C=O) groups excluding carboxylic acids is 1. The second-order valence-corrected chi connectivity index (χ2v) is 7.93. The van der Waals surface area contributed by atoms with E-state index in [9.17, 15) is 9.59 Å². The summed E-state index contributed by atoms with van der Waals surface area (Å²) < 4.78 is 3.55. The molecule has 1 N–H and O–H groups in total. The van der Waals surface area contributed by atoms with Crippen LogP contribution >= 0.6 is 0 Å². The van der Waals surface area contributed by atoms with E-state index < -0.39 is 0 Å². The standard InChI is InChI=1S/C21H32N4O2/c1-4-14-24-17-9-5-6-10-18(17)25(20(24)27)15-11-19(26)22-16-21(23(2)3)12-7-8-13-21/h5-6,9-10H,4,7-8,11-16H2,1-3H3,(H,22,26). The Morgan fingerprint density at radius 3 is 2.26 bits per heavy atom. The molecule has 2 aromatic rings. The number of amides is 1. The van der Waals surface area contributed by atoms with Gasteiger partial charge >= 0.3 is 5.69 Å². The molecule has 1 aliphatic carbocycles. The van der Waals surface area contributed by atoms with Crippen LogP contribution in [0, 0.1) is 0 Å². The van der Waals surface area contributed by atoms with Crippen LogP contribution in [-0.4, -0.2) is 46.1 Å². The number of aromatic nitrogens is 2. The van der Waals surface area contributed by atoms with Gasteiger partial charge in [0.2, 0.25) is 5.91 Å². The minimum absolute atomic E-state index is 0.0161. The largest absolute Gasteiger partial charge is 0.354 e. The first kappa shape index (κ1) is 19.7. The number of para-hydroxylation sites is 2. The Kier molecular flexibility index (Phi) is 6.05. The molecule has 1 saturated carbocycles. The van der Waals surface area contributed by atoms with Gasteiger partial charge in [0, 0.05) is 31.6 Å². The third kappa shape index (κ3) is 3.95. The first-order chi connectivity index (χ1) is 13.0. The first-order valence-corrected chi connectivity index (χ1v) is 10.1. The zero-order chi connectivity index (χ0) is 19.4. The fourth-order valence-corrected chi connectivity index (χ4v) is 4.31. The van der Waals surface area contributed by atoms with Crippen LogP contribution < -0.4 is 11.0 Å². The molecule has 0 spiro atoms. The number of carbonyl (C=O) groups is 1. The predicted molar refractivity (Wildman–Crippen MR) is 109 cm³/mol. The molecule has 1 heterocycles. The average Bonchev–Trinajstić information content (AvgIpc) is 3.24. The summed E-state index contributed by atoms with van der Waals surface area (Å²) in [6.45, 7) is 3.86. The summed E-state index contributed by atoms with van der Waals surface area (Å²) in [5.74, 6) is 0.0161. The van der Waals surface area contributed by atoms with Crippen molar-refractivity contribution in [2.45, 2.75) is 64.1 Å². The van der Waals surface area contributed by atoms with Crippen molar-refractivity contribution < 1.29 is 4.79 Å². The highest BCUT2D eigenvalue weighted by atomic mass is 16.2. The molecule has 1 aliphatic rings. The van der Waals surface area contributed by atoms with Crippen molar-refractivity contribution in [1.29, 1.82) is 0 Å². The van der Waals surface area contributed by atoms with Gasteiger partial charge in [0.1, 0.15) is 0 Å².